The molecule has 0 unspecified atom stereocenters. The van der Waals surface area contributed by atoms with Crippen molar-refractivity contribution >= 4 is 17.3 Å². The Kier molecular flexibility index (Phi) is 6.52. The Morgan fingerprint density at radius 1 is 1.43 bits per heavy atom. The lowest BCUT2D eigenvalue weighted by molar-refractivity contribution is 0.475. The molecular formula is C17H23FN4S. The molecule has 124 valence electrons. The molecule has 0 saturated heterocycles. The molecule has 6 heteroatoms. The van der Waals surface area contributed by atoms with Crippen molar-refractivity contribution in [3.63, 3.8) is 0 Å². The number of benzene rings is 1. The first kappa shape index (κ1) is 17.4. The molecule has 0 spiro atoms. The predicted octanol–water partition coefficient (Wildman–Crippen LogP) is 3.09. The minimum Gasteiger partial charge on any atom is -0.356 e. The maximum atomic E-state index is 13.3. The van der Waals surface area contributed by atoms with Gasteiger partial charge < -0.3 is 10.2 Å². The molecule has 1 aromatic carbocycles. The highest BCUT2D eigenvalue weighted by Crippen LogP contribution is 2.13. The highest BCUT2D eigenvalue weighted by Gasteiger charge is 2.07. The van der Waals surface area contributed by atoms with Crippen LogP contribution in [-0.4, -0.2) is 36.5 Å². The van der Waals surface area contributed by atoms with Crippen LogP contribution in [0.2, 0.25) is 0 Å². The molecule has 0 aliphatic rings. The summed E-state index contributed by atoms with van der Waals surface area (Å²) in [5.41, 5.74) is 0.919. The van der Waals surface area contributed by atoms with E-state index in [1.165, 1.54) is 10.9 Å². The van der Waals surface area contributed by atoms with E-state index in [0.717, 1.165) is 35.9 Å². The number of halogens is 1. The SMILES string of the molecule is CCc1cnc(CCNC(=NC)N(C)Cc2cccc(F)c2)s1. The Bertz CT molecular complexity index is 654. The lowest BCUT2D eigenvalue weighted by atomic mass is 10.2. The van der Waals surface area contributed by atoms with Gasteiger partial charge in [0.1, 0.15) is 5.82 Å². The van der Waals surface area contributed by atoms with E-state index >= 15 is 0 Å². The highest BCUT2D eigenvalue weighted by molar-refractivity contribution is 7.11. The normalized spacial score (nSPS) is 11.6. The summed E-state index contributed by atoms with van der Waals surface area (Å²) < 4.78 is 13.3. The van der Waals surface area contributed by atoms with Crippen LogP contribution in [0.1, 0.15) is 22.4 Å². The van der Waals surface area contributed by atoms with Crippen LogP contribution in [0.25, 0.3) is 0 Å². The Labute approximate surface area is 141 Å². The first-order valence-electron chi connectivity index (χ1n) is 7.72. The van der Waals surface area contributed by atoms with Gasteiger partial charge in [0.2, 0.25) is 0 Å². The van der Waals surface area contributed by atoms with Crippen molar-refractivity contribution in [2.24, 2.45) is 4.99 Å². The van der Waals surface area contributed by atoms with E-state index in [4.69, 9.17) is 0 Å². The molecule has 0 fully saturated rings. The Morgan fingerprint density at radius 2 is 2.26 bits per heavy atom. The number of aliphatic imine (C=N–C) groups is 1. The number of hydrogen-bond acceptors (Lipinski definition) is 3. The summed E-state index contributed by atoms with van der Waals surface area (Å²) in [6.45, 7) is 3.52. The Morgan fingerprint density at radius 3 is 2.91 bits per heavy atom. The van der Waals surface area contributed by atoms with Gasteiger partial charge in [-0.25, -0.2) is 9.37 Å². The van der Waals surface area contributed by atoms with Gasteiger partial charge in [0.05, 0.1) is 5.01 Å². The van der Waals surface area contributed by atoms with Crippen LogP contribution in [0.3, 0.4) is 0 Å². The number of rotatable bonds is 6. The molecule has 1 N–H and O–H groups in total. The lowest BCUT2D eigenvalue weighted by Crippen LogP contribution is -2.39. The number of aromatic nitrogens is 1. The second-order valence-corrected chi connectivity index (χ2v) is 6.48. The number of thiazole rings is 1. The summed E-state index contributed by atoms with van der Waals surface area (Å²) in [5, 5.41) is 4.47. The minimum absolute atomic E-state index is 0.214. The maximum absolute atomic E-state index is 13.3. The average molecular weight is 334 g/mol. The zero-order chi connectivity index (χ0) is 16.7. The summed E-state index contributed by atoms with van der Waals surface area (Å²) in [5.74, 6) is 0.580. The molecule has 0 radical (unpaired) electrons. The molecule has 0 saturated carbocycles. The van der Waals surface area contributed by atoms with E-state index in [9.17, 15) is 4.39 Å². The lowest BCUT2D eigenvalue weighted by Gasteiger charge is -2.22. The fourth-order valence-corrected chi connectivity index (χ4v) is 3.14. The fourth-order valence-electron chi connectivity index (χ4n) is 2.28. The molecule has 0 aliphatic heterocycles. The molecule has 4 nitrogen and oxygen atoms in total. The third kappa shape index (κ3) is 5.32. The summed E-state index contributed by atoms with van der Waals surface area (Å²) >= 11 is 1.76. The number of nitrogens with one attached hydrogen (secondary N) is 1. The van der Waals surface area contributed by atoms with E-state index in [1.807, 2.05) is 24.2 Å². The van der Waals surface area contributed by atoms with Gasteiger partial charge in [-0.3, -0.25) is 4.99 Å². The molecule has 0 atom stereocenters. The summed E-state index contributed by atoms with van der Waals surface area (Å²) in [6.07, 6.45) is 3.85. The third-order valence-corrected chi connectivity index (χ3v) is 4.66. The third-order valence-electron chi connectivity index (χ3n) is 3.45. The second-order valence-electron chi connectivity index (χ2n) is 5.28. The van der Waals surface area contributed by atoms with Crippen LogP contribution in [0.4, 0.5) is 4.39 Å². The molecule has 0 bridgehead atoms. The van der Waals surface area contributed by atoms with E-state index in [1.54, 1.807) is 30.5 Å². The molecule has 0 aliphatic carbocycles. The van der Waals surface area contributed by atoms with Gasteiger partial charge in [0.15, 0.2) is 5.96 Å². The van der Waals surface area contributed by atoms with Gasteiger partial charge >= 0.3 is 0 Å². The van der Waals surface area contributed by atoms with Gasteiger partial charge in [-0.1, -0.05) is 19.1 Å². The summed E-state index contributed by atoms with van der Waals surface area (Å²) in [7, 11) is 3.70. The van der Waals surface area contributed by atoms with E-state index in [0.29, 0.717) is 6.54 Å². The quantitative estimate of drug-likeness (QED) is 0.652. The largest absolute Gasteiger partial charge is 0.356 e. The topological polar surface area (TPSA) is 40.5 Å². The standard InChI is InChI=1S/C17H23FN4S/c1-4-15-11-21-16(23-15)8-9-20-17(19-2)22(3)12-13-6-5-7-14(18)10-13/h5-7,10-11H,4,8-9,12H2,1-3H3,(H,19,20). The number of hydrogen-bond donors (Lipinski definition) is 1. The first-order chi connectivity index (χ1) is 11.1. The maximum Gasteiger partial charge on any atom is 0.193 e. The van der Waals surface area contributed by atoms with Crippen molar-refractivity contribution in [2.75, 3.05) is 20.6 Å². The summed E-state index contributed by atoms with van der Waals surface area (Å²) in [4.78, 5) is 12.0. The van der Waals surface area contributed by atoms with E-state index in [-0.39, 0.29) is 5.82 Å². The molecule has 23 heavy (non-hydrogen) atoms. The van der Waals surface area contributed by atoms with Gasteiger partial charge in [-0.2, -0.15) is 0 Å². The number of guanidine groups is 1. The zero-order valence-electron chi connectivity index (χ0n) is 13.8. The molecule has 0 amide bonds. The van der Waals surface area contributed by atoms with Crippen molar-refractivity contribution in [1.82, 2.24) is 15.2 Å². The molecule has 1 heterocycles. The Balaban J connectivity index is 1.84. The van der Waals surface area contributed by atoms with Gasteiger partial charge in [-0.15, -0.1) is 11.3 Å². The Hall–Kier alpha value is -1.95. The summed E-state index contributed by atoms with van der Waals surface area (Å²) in [6, 6.07) is 6.64. The molecule has 2 rings (SSSR count). The van der Waals surface area contributed by atoms with Crippen LogP contribution in [0.15, 0.2) is 35.5 Å². The van der Waals surface area contributed by atoms with Crippen LogP contribution in [-0.2, 0) is 19.4 Å². The second kappa shape index (κ2) is 8.62. The van der Waals surface area contributed by atoms with Crippen LogP contribution < -0.4 is 5.32 Å². The average Bonchev–Trinajstić information content (AvgIpc) is 2.99. The fraction of sp³-hybridized carbons (Fsp3) is 0.412. The van der Waals surface area contributed by atoms with Crippen molar-refractivity contribution in [3.05, 3.63) is 51.7 Å². The van der Waals surface area contributed by atoms with Gasteiger partial charge in [-0.05, 0) is 24.1 Å². The first-order valence-corrected chi connectivity index (χ1v) is 8.53. The minimum atomic E-state index is -0.214. The number of aryl methyl sites for hydroxylation is 1. The van der Waals surface area contributed by atoms with Gasteiger partial charge in [0, 0.05) is 44.7 Å². The molecular weight excluding hydrogens is 311 g/mol. The van der Waals surface area contributed by atoms with Crippen molar-refractivity contribution in [3.8, 4) is 0 Å². The molecule has 2 aromatic rings. The van der Waals surface area contributed by atoms with Crippen LogP contribution in [0, 0.1) is 5.82 Å². The molecule has 1 aromatic heterocycles. The van der Waals surface area contributed by atoms with Crippen LogP contribution in [0.5, 0.6) is 0 Å². The monoisotopic (exact) mass is 334 g/mol. The van der Waals surface area contributed by atoms with Crippen molar-refractivity contribution in [2.45, 2.75) is 26.3 Å². The predicted molar refractivity (Wildman–Crippen MR) is 94.4 cm³/mol. The van der Waals surface area contributed by atoms with E-state index < -0.39 is 0 Å². The van der Waals surface area contributed by atoms with Crippen LogP contribution >= 0.6 is 11.3 Å². The zero-order valence-corrected chi connectivity index (χ0v) is 14.7. The highest BCUT2D eigenvalue weighted by atomic mass is 32.1. The van der Waals surface area contributed by atoms with Crippen molar-refractivity contribution < 1.29 is 4.39 Å². The number of nitrogens with zero attached hydrogens (tertiary/aromatic N) is 3. The van der Waals surface area contributed by atoms with E-state index in [2.05, 4.69) is 22.2 Å². The smallest absolute Gasteiger partial charge is 0.193 e. The van der Waals surface area contributed by atoms with Gasteiger partial charge in [0.25, 0.3) is 0 Å². The van der Waals surface area contributed by atoms with Crippen molar-refractivity contribution in [1.29, 1.82) is 0 Å².